The van der Waals surface area contributed by atoms with Gasteiger partial charge in [0.2, 0.25) is 0 Å². The lowest BCUT2D eigenvalue weighted by molar-refractivity contribution is 0.513. The largest absolute Gasteiger partial charge is 0.314 e. The number of hydrogen-bond donors (Lipinski definition) is 1. The summed E-state index contributed by atoms with van der Waals surface area (Å²) in [5.41, 5.74) is 4.16. The SMILES string of the molecule is CCNC(C)C(c1ccccc1)c1ccccc1C. The van der Waals surface area contributed by atoms with E-state index < -0.39 is 0 Å². The van der Waals surface area contributed by atoms with Crippen molar-refractivity contribution in [3.05, 3.63) is 71.3 Å². The van der Waals surface area contributed by atoms with Crippen LogP contribution in [0.15, 0.2) is 54.6 Å². The van der Waals surface area contributed by atoms with Crippen LogP contribution in [0.5, 0.6) is 0 Å². The van der Waals surface area contributed by atoms with Crippen molar-refractivity contribution in [1.82, 2.24) is 5.32 Å². The number of aryl methyl sites for hydroxylation is 1. The molecule has 19 heavy (non-hydrogen) atoms. The molecule has 0 aliphatic heterocycles. The minimum Gasteiger partial charge on any atom is -0.314 e. The lowest BCUT2D eigenvalue weighted by atomic mass is 9.83. The maximum Gasteiger partial charge on any atom is 0.0243 e. The summed E-state index contributed by atoms with van der Waals surface area (Å²) in [6, 6.07) is 19.9. The van der Waals surface area contributed by atoms with Gasteiger partial charge in [-0.05, 0) is 37.1 Å². The van der Waals surface area contributed by atoms with E-state index in [9.17, 15) is 0 Å². The Hall–Kier alpha value is -1.60. The summed E-state index contributed by atoms with van der Waals surface area (Å²) in [5.74, 6) is 0.405. The molecular weight excluding hydrogens is 230 g/mol. The molecule has 2 atom stereocenters. The van der Waals surface area contributed by atoms with E-state index in [2.05, 4.69) is 80.7 Å². The molecule has 0 bridgehead atoms. The van der Waals surface area contributed by atoms with Gasteiger partial charge in [0.15, 0.2) is 0 Å². The summed E-state index contributed by atoms with van der Waals surface area (Å²) in [6.45, 7) is 7.63. The van der Waals surface area contributed by atoms with Crippen LogP contribution in [0.1, 0.15) is 36.5 Å². The van der Waals surface area contributed by atoms with Crippen molar-refractivity contribution in [2.45, 2.75) is 32.7 Å². The monoisotopic (exact) mass is 253 g/mol. The lowest BCUT2D eigenvalue weighted by Gasteiger charge is -2.27. The van der Waals surface area contributed by atoms with Gasteiger partial charge < -0.3 is 5.32 Å². The zero-order valence-electron chi connectivity index (χ0n) is 12.1. The van der Waals surface area contributed by atoms with E-state index in [1.54, 1.807) is 0 Å². The summed E-state index contributed by atoms with van der Waals surface area (Å²) in [7, 11) is 0. The van der Waals surface area contributed by atoms with Gasteiger partial charge in [0, 0.05) is 12.0 Å². The Labute approximate surface area is 116 Å². The predicted molar refractivity (Wildman–Crippen MR) is 82.6 cm³/mol. The fraction of sp³-hybridized carbons (Fsp3) is 0.333. The maximum atomic E-state index is 3.57. The van der Waals surface area contributed by atoms with Crippen molar-refractivity contribution >= 4 is 0 Å². The van der Waals surface area contributed by atoms with Crippen molar-refractivity contribution in [2.75, 3.05) is 6.54 Å². The van der Waals surface area contributed by atoms with Crippen molar-refractivity contribution < 1.29 is 0 Å². The predicted octanol–water partition coefficient (Wildman–Crippen LogP) is 4.12. The van der Waals surface area contributed by atoms with E-state index in [0.717, 1.165) is 6.54 Å². The van der Waals surface area contributed by atoms with Gasteiger partial charge in [0.25, 0.3) is 0 Å². The van der Waals surface area contributed by atoms with Crippen LogP contribution >= 0.6 is 0 Å². The average molecular weight is 253 g/mol. The van der Waals surface area contributed by atoms with E-state index in [-0.39, 0.29) is 0 Å². The van der Waals surface area contributed by atoms with Crippen LogP contribution in [0.4, 0.5) is 0 Å². The molecule has 0 aliphatic rings. The van der Waals surface area contributed by atoms with Gasteiger partial charge in [-0.1, -0.05) is 61.5 Å². The minimum absolute atomic E-state index is 0.405. The number of likely N-dealkylation sites (N-methyl/N-ethyl adjacent to an activating group) is 1. The third-order valence-electron chi connectivity index (χ3n) is 3.71. The molecule has 0 radical (unpaired) electrons. The highest BCUT2D eigenvalue weighted by Gasteiger charge is 2.21. The normalized spacial score (nSPS) is 14.1. The van der Waals surface area contributed by atoms with Gasteiger partial charge in [0.05, 0.1) is 0 Å². The Kier molecular flexibility index (Phi) is 4.75. The Morgan fingerprint density at radius 3 is 2.21 bits per heavy atom. The second-order valence-corrected chi connectivity index (χ2v) is 5.09. The standard InChI is InChI=1S/C18H23N/c1-4-19-15(3)18(16-11-6-5-7-12-16)17-13-9-8-10-14(17)2/h5-13,15,18-19H,4H2,1-3H3. The van der Waals surface area contributed by atoms with Gasteiger partial charge in [-0.3, -0.25) is 0 Å². The zero-order chi connectivity index (χ0) is 13.7. The molecule has 1 nitrogen and oxygen atoms in total. The Morgan fingerprint density at radius 2 is 1.58 bits per heavy atom. The fourth-order valence-electron chi connectivity index (χ4n) is 2.77. The summed E-state index contributed by atoms with van der Waals surface area (Å²) < 4.78 is 0. The first-order valence-corrected chi connectivity index (χ1v) is 7.08. The summed E-state index contributed by atoms with van der Waals surface area (Å²) in [5, 5.41) is 3.57. The molecule has 1 heteroatoms. The first kappa shape index (κ1) is 13.8. The summed E-state index contributed by atoms with van der Waals surface area (Å²) >= 11 is 0. The van der Waals surface area contributed by atoms with Crippen LogP contribution in [0.25, 0.3) is 0 Å². The number of rotatable bonds is 5. The molecule has 0 fully saturated rings. The molecule has 2 aromatic carbocycles. The maximum absolute atomic E-state index is 3.57. The second kappa shape index (κ2) is 6.53. The summed E-state index contributed by atoms with van der Waals surface area (Å²) in [4.78, 5) is 0. The molecule has 2 aromatic rings. The highest BCUT2D eigenvalue weighted by Crippen LogP contribution is 2.30. The third kappa shape index (κ3) is 3.24. The highest BCUT2D eigenvalue weighted by atomic mass is 14.9. The van der Waals surface area contributed by atoms with Crippen molar-refractivity contribution in [1.29, 1.82) is 0 Å². The van der Waals surface area contributed by atoms with Gasteiger partial charge >= 0.3 is 0 Å². The molecule has 0 heterocycles. The van der Waals surface area contributed by atoms with Gasteiger partial charge in [-0.2, -0.15) is 0 Å². The average Bonchev–Trinajstić information content (AvgIpc) is 2.43. The second-order valence-electron chi connectivity index (χ2n) is 5.09. The van der Waals surface area contributed by atoms with E-state index in [1.165, 1.54) is 16.7 Å². The molecular formula is C18H23N. The topological polar surface area (TPSA) is 12.0 Å². The first-order valence-electron chi connectivity index (χ1n) is 7.08. The van der Waals surface area contributed by atoms with Crippen LogP contribution in [-0.2, 0) is 0 Å². The molecule has 2 unspecified atom stereocenters. The molecule has 100 valence electrons. The van der Waals surface area contributed by atoms with Gasteiger partial charge in [0.1, 0.15) is 0 Å². The van der Waals surface area contributed by atoms with Crippen LogP contribution in [0, 0.1) is 6.92 Å². The molecule has 0 aromatic heterocycles. The van der Waals surface area contributed by atoms with E-state index in [4.69, 9.17) is 0 Å². The third-order valence-corrected chi connectivity index (χ3v) is 3.71. The van der Waals surface area contributed by atoms with Gasteiger partial charge in [-0.25, -0.2) is 0 Å². The fourth-order valence-corrected chi connectivity index (χ4v) is 2.77. The number of hydrogen-bond acceptors (Lipinski definition) is 1. The quantitative estimate of drug-likeness (QED) is 0.845. The Morgan fingerprint density at radius 1 is 0.947 bits per heavy atom. The van der Waals surface area contributed by atoms with Crippen LogP contribution in [0.2, 0.25) is 0 Å². The van der Waals surface area contributed by atoms with Crippen molar-refractivity contribution in [3.63, 3.8) is 0 Å². The van der Waals surface area contributed by atoms with Crippen LogP contribution in [0.3, 0.4) is 0 Å². The van der Waals surface area contributed by atoms with Crippen LogP contribution in [-0.4, -0.2) is 12.6 Å². The lowest BCUT2D eigenvalue weighted by Crippen LogP contribution is -2.33. The van der Waals surface area contributed by atoms with E-state index in [1.807, 2.05) is 0 Å². The van der Waals surface area contributed by atoms with E-state index >= 15 is 0 Å². The first-order chi connectivity index (χ1) is 9.24. The van der Waals surface area contributed by atoms with Crippen molar-refractivity contribution in [3.8, 4) is 0 Å². The van der Waals surface area contributed by atoms with Gasteiger partial charge in [-0.15, -0.1) is 0 Å². The Bertz CT molecular complexity index is 504. The zero-order valence-corrected chi connectivity index (χ0v) is 12.1. The molecule has 0 spiro atoms. The molecule has 2 rings (SSSR count). The molecule has 1 N–H and O–H groups in total. The molecule has 0 saturated heterocycles. The Balaban J connectivity index is 2.43. The highest BCUT2D eigenvalue weighted by molar-refractivity contribution is 5.38. The summed E-state index contributed by atoms with van der Waals surface area (Å²) in [6.07, 6.45) is 0. The van der Waals surface area contributed by atoms with Crippen molar-refractivity contribution in [2.24, 2.45) is 0 Å². The minimum atomic E-state index is 0.405. The molecule has 0 saturated carbocycles. The van der Waals surface area contributed by atoms with Crippen LogP contribution < -0.4 is 5.32 Å². The molecule has 0 aliphatic carbocycles. The van der Waals surface area contributed by atoms with E-state index in [0.29, 0.717) is 12.0 Å². The smallest absolute Gasteiger partial charge is 0.0243 e. The number of benzene rings is 2. The molecule has 0 amide bonds. The number of nitrogens with one attached hydrogen (secondary N) is 1.